The summed E-state index contributed by atoms with van der Waals surface area (Å²) in [4.78, 5) is 5.73. The molecule has 2 aromatic rings. The van der Waals surface area contributed by atoms with Gasteiger partial charge in [-0.15, -0.1) is 11.3 Å². The number of nitriles is 1. The van der Waals surface area contributed by atoms with Crippen molar-refractivity contribution in [2.45, 2.75) is 19.3 Å². The van der Waals surface area contributed by atoms with E-state index in [1.807, 2.05) is 0 Å². The summed E-state index contributed by atoms with van der Waals surface area (Å²) in [6.45, 7) is 0. The Balaban J connectivity index is 2.00. The largest absolute Gasteiger partial charge is 0.244 e. The molecular formula is C15H10Cl2N2S. The van der Waals surface area contributed by atoms with Gasteiger partial charge in [-0.25, -0.2) is 4.99 Å². The second kappa shape index (κ2) is 5.57. The van der Waals surface area contributed by atoms with Crippen LogP contribution >= 0.6 is 34.5 Å². The maximum absolute atomic E-state index is 9.31. The van der Waals surface area contributed by atoms with Crippen molar-refractivity contribution in [2.75, 3.05) is 0 Å². The first kappa shape index (κ1) is 13.6. The zero-order valence-corrected chi connectivity index (χ0v) is 12.8. The van der Waals surface area contributed by atoms with E-state index in [4.69, 9.17) is 23.2 Å². The van der Waals surface area contributed by atoms with Crippen molar-refractivity contribution in [2.24, 2.45) is 4.99 Å². The van der Waals surface area contributed by atoms with E-state index in [1.54, 1.807) is 35.8 Å². The van der Waals surface area contributed by atoms with Crippen LogP contribution in [0.5, 0.6) is 0 Å². The van der Waals surface area contributed by atoms with Gasteiger partial charge in [0, 0.05) is 16.7 Å². The quantitative estimate of drug-likeness (QED) is 0.703. The monoisotopic (exact) mass is 320 g/mol. The van der Waals surface area contributed by atoms with Crippen molar-refractivity contribution >= 4 is 45.8 Å². The van der Waals surface area contributed by atoms with Gasteiger partial charge in [0.1, 0.15) is 11.1 Å². The van der Waals surface area contributed by atoms with Crippen LogP contribution in [0, 0.1) is 11.3 Å². The van der Waals surface area contributed by atoms with Crippen LogP contribution in [-0.2, 0) is 12.8 Å². The summed E-state index contributed by atoms with van der Waals surface area (Å²) in [5.74, 6) is 0. The molecule has 0 radical (unpaired) electrons. The number of thiophene rings is 1. The van der Waals surface area contributed by atoms with E-state index in [-0.39, 0.29) is 0 Å². The molecule has 20 heavy (non-hydrogen) atoms. The molecule has 0 saturated heterocycles. The van der Waals surface area contributed by atoms with Gasteiger partial charge in [0.05, 0.1) is 15.6 Å². The fourth-order valence-electron chi connectivity index (χ4n) is 2.35. The van der Waals surface area contributed by atoms with Crippen LogP contribution < -0.4 is 0 Å². The van der Waals surface area contributed by atoms with E-state index in [0.29, 0.717) is 21.2 Å². The number of hydrogen-bond acceptors (Lipinski definition) is 3. The van der Waals surface area contributed by atoms with E-state index in [9.17, 15) is 5.26 Å². The van der Waals surface area contributed by atoms with Gasteiger partial charge in [-0.2, -0.15) is 5.26 Å². The third-order valence-corrected chi connectivity index (χ3v) is 5.18. The summed E-state index contributed by atoms with van der Waals surface area (Å²) in [6.07, 6.45) is 4.82. The number of aryl methyl sites for hydroxylation is 1. The summed E-state index contributed by atoms with van der Waals surface area (Å²) in [7, 11) is 0. The minimum Gasteiger partial charge on any atom is -0.244 e. The van der Waals surface area contributed by atoms with E-state index >= 15 is 0 Å². The Kier molecular flexibility index (Phi) is 3.80. The maximum atomic E-state index is 9.31. The molecule has 0 spiro atoms. The molecule has 1 heterocycles. The zero-order valence-electron chi connectivity index (χ0n) is 10.5. The molecule has 2 nitrogen and oxygen atoms in total. The Bertz CT molecular complexity index is 721. The van der Waals surface area contributed by atoms with Gasteiger partial charge in [-0.05, 0) is 37.0 Å². The number of halogens is 2. The Hall–Kier alpha value is -1.34. The van der Waals surface area contributed by atoms with Crippen LogP contribution in [0.4, 0.5) is 5.00 Å². The minimum absolute atomic E-state index is 0.559. The lowest BCUT2D eigenvalue weighted by atomic mass is 10.1. The Labute approximate surface area is 131 Å². The van der Waals surface area contributed by atoms with Crippen molar-refractivity contribution in [3.8, 4) is 6.07 Å². The van der Waals surface area contributed by atoms with Crippen molar-refractivity contribution in [3.05, 3.63) is 49.8 Å². The average molecular weight is 321 g/mol. The molecule has 100 valence electrons. The number of hydrogen-bond donors (Lipinski definition) is 0. The van der Waals surface area contributed by atoms with Crippen LogP contribution in [0.2, 0.25) is 10.0 Å². The maximum Gasteiger partial charge on any atom is 0.134 e. The highest BCUT2D eigenvalue weighted by molar-refractivity contribution is 7.16. The van der Waals surface area contributed by atoms with Crippen LogP contribution in [0.3, 0.4) is 0 Å². The lowest BCUT2D eigenvalue weighted by Gasteiger charge is -2.00. The summed E-state index contributed by atoms with van der Waals surface area (Å²) in [5.41, 5.74) is 2.57. The highest BCUT2D eigenvalue weighted by atomic mass is 35.5. The van der Waals surface area contributed by atoms with E-state index in [0.717, 1.165) is 24.3 Å². The van der Waals surface area contributed by atoms with E-state index in [1.165, 1.54) is 10.4 Å². The SMILES string of the molecule is N#Cc1c(/N=C/c2c(Cl)cccc2Cl)sc2c1CCC2. The lowest BCUT2D eigenvalue weighted by Crippen LogP contribution is -1.85. The van der Waals surface area contributed by atoms with Crippen LogP contribution in [0.15, 0.2) is 23.2 Å². The first-order chi connectivity index (χ1) is 9.70. The van der Waals surface area contributed by atoms with Gasteiger partial charge in [0.2, 0.25) is 0 Å². The average Bonchev–Trinajstić information content (AvgIpc) is 2.98. The number of aliphatic imine (C=N–C) groups is 1. The molecule has 1 aromatic heterocycles. The zero-order chi connectivity index (χ0) is 14.1. The van der Waals surface area contributed by atoms with Crippen LogP contribution in [-0.4, -0.2) is 6.21 Å². The molecule has 0 aliphatic heterocycles. The van der Waals surface area contributed by atoms with E-state index < -0.39 is 0 Å². The molecule has 1 aromatic carbocycles. The van der Waals surface area contributed by atoms with Crippen LogP contribution in [0.1, 0.15) is 28.0 Å². The topological polar surface area (TPSA) is 36.1 Å². The highest BCUT2D eigenvalue weighted by Gasteiger charge is 2.21. The van der Waals surface area contributed by atoms with Crippen molar-refractivity contribution < 1.29 is 0 Å². The summed E-state index contributed by atoms with van der Waals surface area (Å²) in [6, 6.07) is 7.61. The number of nitrogens with zero attached hydrogens (tertiary/aromatic N) is 2. The summed E-state index contributed by atoms with van der Waals surface area (Å²) < 4.78 is 0. The third kappa shape index (κ3) is 2.35. The second-order valence-corrected chi connectivity index (χ2v) is 6.44. The molecule has 0 unspecified atom stereocenters. The molecule has 5 heteroatoms. The summed E-state index contributed by atoms with van der Waals surface area (Å²) >= 11 is 13.8. The predicted octanol–water partition coefficient (Wildman–Crippen LogP) is 5.17. The fourth-order valence-corrected chi connectivity index (χ4v) is 4.03. The first-order valence-corrected chi connectivity index (χ1v) is 7.80. The van der Waals surface area contributed by atoms with Crippen molar-refractivity contribution in [3.63, 3.8) is 0 Å². The number of rotatable bonds is 2. The molecule has 0 fully saturated rings. The fraction of sp³-hybridized carbons (Fsp3) is 0.200. The van der Waals surface area contributed by atoms with Crippen LogP contribution in [0.25, 0.3) is 0 Å². The Morgan fingerprint density at radius 1 is 1.25 bits per heavy atom. The summed E-state index contributed by atoms with van der Waals surface area (Å²) in [5, 5.41) is 11.2. The minimum atomic E-state index is 0.559. The van der Waals surface area contributed by atoms with Gasteiger partial charge in [-0.3, -0.25) is 0 Å². The second-order valence-electron chi connectivity index (χ2n) is 4.54. The first-order valence-electron chi connectivity index (χ1n) is 6.23. The standard InChI is InChI=1S/C15H10Cl2N2S/c16-12-4-2-5-13(17)11(12)8-19-15-10(7-18)9-3-1-6-14(9)20-15/h2,4-5,8H,1,3,6H2/b19-8+. The molecular weight excluding hydrogens is 311 g/mol. The molecule has 0 saturated carbocycles. The number of fused-ring (bicyclic) bond motifs is 1. The predicted molar refractivity (Wildman–Crippen MR) is 84.8 cm³/mol. The normalized spacial score (nSPS) is 13.7. The van der Waals surface area contributed by atoms with Gasteiger partial charge in [0.25, 0.3) is 0 Å². The molecule has 0 bridgehead atoms. The molecule has 0 atom stereocenters. The van der Waals surface area contributed by atoms with Gasteiger partial charge in [0.15, 0.2) is 0 Å². The molecule has 1 aliphatic carbocycles. The van der Waals surface area contributed by atoms with Gasteiger partial charge >= 0.3 is 0 Å². The molecule has 1 aliphatic rings. The van der Waals surface area contributed by atoms with Gasteiger partial charge < -0.3 is 0 Å². The molecule has 0 amide bonds. The smallest absolute Gasteiger partial charge is 0.134 e. The van der Waals surface area contributed by atoms with Crippen molar-refractivity contribution in [1.82, 2.24) is 0 Å². The molecule has 0 N–H and O–H groups in total. The highest BCUT2D eigenvalue weighted by Crippen LogP contribution is 2.40. The Morgan fingerprint density at radius 3 is 2.70 bits per heavy atom. The van der Waals surface area contributed by atoms with Crippen molar-refractivity contribution in [1.29, 1.82) is 5.26 Å². The lowest BCUT2D eigenvalue weighted by molar-refractivity contribution is 0.913. The number of benzene rings is 1. The molecule has 3 rings (SSSR count). The van der Waals surface area contributed by atoms with Gasteiger partial charge in [-0.1, -0.05) is 29.3 Å². The van der Waals surface area contributed by atoms with E-state index in [2.05, 4.69) is 11.1 Å². The Morgan fingerprint density at radius 2 is 2.00 bits per heavy atom. The third-order valence-electron chi connectivity index (χ3n) is 3.33.